The molecule has 2 saturated heterocycles. The standard InChI is InChI=1S/C15H26N2O3/c1-12(18)17-7-3-14(4-8-17)15(19)16(2)11-13-5-9-20-10-6-13/h13-14H,3-11H2,1-2H3. The zero-order valence-corrected chi connectivity index (χ0v) is 12.6. The van der Waals surface area contributed by atoms with Crippen LogP contribution in [0.5, 0.6) is 0 Å². The number of rotatable bonds is 3. The molecule has 5 nitrogen and oxygen atoms in total. The van der Waals surface area contributed by atoms with E-state index >= 15 is 0 Å². The van der Waals surface area contributed by atoms with E-state index in [-0.39, 0.29) is 17.7 Å². The highest BCUT2D eigenvalue weighted by Crippen LogP contribution is 2.21. The Bertz CT molecular complexity index is 345. The number of carbonyl (C=O) groups is 2. The second kappa shape index (κ2) is 7.07. The molecule has 5 heteroatoms. The van der Waals surface area contributed by atoms with Gasteiger partial charge in [0.15, 0.2) is 0 Å². The number of ether oxygens (including phenoxy) is 1. The normalized spacial score (nSPS) is 21.8. The molecule has 2 rings (SSSR count). The van der Waals surface area contributed by atoms with Crippen LogP contribution in [-0.2, 0) is 14.3 Å². The van der Waals surface area contributed by atoms with Gasteiger partial charge in [-0.05, 0) is 31.6 Å². The summed E-state index contributed by atoms with van der Waals surface area (Å²) in [6, 6.07) is 0. The summed E-state index contributed by atoms with van der Waals surface area (Å²) in [4.78, 5) is 27.5. The number of piperidine rings is 1. The van der Waals surface area contributed by atoms with Crippen molar-refractivity contribution in [1.82, 2.24) is 9.80 Å². The highest BCUT2D eigenvalue weighted by molar-refractivity contribution is 5.79. The molecule has 0 saturated carbocycles. The van der Waals surface area contributed by atoms with Crippen molar-refractivity contribution in [3.05, 3.63) is 0 Å². The lowest BCUT2D eigenvalue weighted by Gasteiger charge is -2.34. The van der Waals surface area contributed by atoms with Crippen LogP contribution in [0.15, 0.2) is 0 Å². The van der Waals surface area contributed by atoms with E-state index in [1.165, 1.54) is 0 Å². The van der Waals surface area contributed by atoms with Gasteiger partial charge in [0.2, 0.25) is 11.8 Å². The summed E-state index contributed by atoms with van der Waals surface area (Å²) in [6.07, 6.45) is 3.72. The number of amides is 2. The van der Waals surface area contributed by atoms with Gasteiger partial charge >= 0.3 is 0 Å². The Morgan fingerprint density at radius 2 is 1.75 bits per heavy atom. The molecule has 0 atom stereocenters. The molecule has 0 bridgehead atoms. The lowest BCUT2D eigenvalue weighted by atomic mass is 9.94. The Balaban J connectivity index is 1.77. The van der Waals surface area contributed by atoms with Crippen LogP contribution in [0.3, 0.4) is 0 Å². The Hall–Kier alpha value is -1.10. The molecule has 0 unspecified atom stereocenters. The summed E-state index contributed by atoms with van der Waals surface area (Å²) in [5.74, 6) is 1.04. The largest absolute Gasteiger partial charge is 0.381 e. The summed E-state index contributed by atoms with van der Waals surface area (Å²) in [5.41, 5.74) is 0. The molecule has 0 aromatic rings. The monoisotopic (exact) mass is 282 g/mol. The van der Waals surface area contributed by atoms with Crippen molar-refractivity contribution in [2.45, 2.75) is 32.6 Å². The van der Waals surface area contributed by atoms with E-state index in [1.54, 1.807) is 6.92 Å². The molecular weight excluding hydrogens is 256 g/mol. The SMILES string of the molecule is CC(=O)N1CCC(C(=O)N(C)CC2CCOCC2)CC1. The molecule has 2 fully saturated rings. The van der Waals surface area contributed by atoms with Crippen molar-refractivity contribution in [3.63, 3.8) is 0 Å². The first-order valence-electron chi connectivity index (χ1n) is 7.66. The minimum absolute atomic E-state index is 0.0930. The van der Waals surface area contributed by atoms with E-state index in [1.807, 2.05) is 16.8 Å². The highest BCUT2D eigenvalue weighted by atomic mass is 16.5. The summed E-state index contributed by atoms with van der Waals surface area (Å²) >= 11 is 0. The topological polar surface area (TPSA) is 49.9 Å². The zero-order chi connectivity index (χ0) is 14.5. The lowest BCUT2D eigenvalue weighted by molar-refractivity contribution is -0.139. The first-order valence-corrected chi connectivity index (χ1v) is 7.66. The first kappa shape index (κ1) is 15.3. The average Bonchev–Trinajstić information content (AvgIpc) is 2.47. The smallest absolute Gasteiger partial charge is 0.225 e. The van der Waals surface area contributed by atoms with Crippen LogP contribution < -0.4 is 0 Å². The van der Waals surface area contributed by atoms with Gasteiger partial charge in [-0.1, -0.05) is 0 Å². The first-order chi connectivity index (χ1) is 9.58. The average molecular weight is 282 g/mol. The van der Waals surface area contributed by atoms with Gasteiger partial charge in [-0.15, -0.1) is 0 Å². The van der Waals surface area contributed by atoms with E-state index in [2.05, 4.69) is 0 Å². The second-order valence-electron chi connectivity index (χ2n) is 6.05. The van der Waals surface area contributed by atoms with Gasteiger partial charge in [0.1, 0.15) is 0 Å². The van der Waals surface area contributed by atoms with E-state index < -0.39 is 0 Å². The molecule has 20 heavy (non-hydrogen) atoms. The van der Waals surface area contributed by atoms with Crippen LogP contribution in [0.2, 0.25) is 0 Å². The highest BCUT2D eigenvalue weighted by Gasteiger charge is 2.29. The third kappa shape index (κ3) is 3.95. The molecule has 0 aromatic carbocycles. The van der Waals surface area contributed by atoms with E-state index in [4.69, 9.17) is 4.74 Å². The quantitative estimate of drug-likeness (QED) is 0.779. The molecule has 2 amide bonds. The number of carbonyl (C=O) groups excluding carboxylic acids is 2. The minimum Gasteiger partial charge on any atom is -0.381 e. The second-order valence-corrected chi connectivity index (χ2v) is 6.05. The molecule has 0 spiro atoms. The Morgan fingerprint density at radius 1 is 1.15 bits per heavy atom. The van der Waals surface area contributed by atoms with Gasteiger partial charge in [-0.2, -0.15) is 0 Å². The van der Waals surface area contributed by atoms with Crippen molar-refractivity contribution in [2.75, 3.05) is 39.9 Å². The van der Waals surface area contributed by atoms with Crippen LogP contribution in [0.4, 0.5) is 0 Å². The fourth-order valence-electron chi connectivity index (χ4n) is 3.16. The number of hydrogen-bond donors (Lipinski definition) is 0. The molecule has 2 aliphatic heterocycles. The zero-order valence-electron chi connectivity index (χ0n) is 12.6. The lowest BCUT2D eigenvalue weighted by Crippen LogP contribution is -2.44. The molecule has 114 valence electrons. The van der Waals surface area contributed by atoms with E-state index in [9.17, 15) is 9.59 Å². The van der Waals surface area contributed by atoms with Crippen molar-refractivity contribution in [2.24, 2.45) is 11.8 Å². The maximum absolute atomic E-state index is 12.4. The summed E-state index contributed by atoms with van der Waals surface area (Å²) in [5, 5.41) is 0. The Morgan fingerprint density at radius 3 is 2.30 bits per heavy atom. The van der Waals surface area contributed by atoms with Crippen LogP contribution >= 0.6 is 0 Å². The number of nitrogens with zero attached hydrogens (tertiary/aromatic N) is 2. The van der Waals surface area contributed by atoms with Gasteiger partial charge < -0.3 is 14.5 Å². The fraction of sp³-hybridized carbons (Fsp3) is 0.867. The van der Waals surface area contributed by atoms with Gasteiger partial charge in [-0.25, -0.2) is 0 Å². The third-order valence-electron chi connectivity index (χ3n) is 4.54. The molecule has 0 aromatic heterocycles. The van der Waals surface area contributed by atoms with E-state index in [0.29, 0.717) is 5.92 Å². The van der Waals surface area contributed by atoms with Gasteiger partial charge in [0.25, 0.3) is 0 Å². The van der Waals surface area contributed by atoms with Crippen LogP contribution in [0.25, 0.3) is 0 Å². The van der Waals surface area contributed by atoms with Gasteiger partial charge in [-0.3, -0.25) is 9.59 Å². The maximum atomic E-state index is 12.4. The summed E-state index contributed by atoms with van der Waals surface area (Å²) < 4.78 is 5.35. The molecule has 2 aliphatic rings. The predicted molar refractivity (Wildman–Crippen MR) is 76.2 cm³/mol. The van der Waals surface area contributed by atoms with Crippen LogP contribution in [-0.4, -0.2) is 61.5 Å². The van der Waals surface area contributed by atoms with E-state index in [0.717, 1.165) is 58.5 Å². The molecule has 0 N–H and O–H groups in total. The van der Waals surface area contributed by atoms with Gasteiger partial charge in [0.05, 0.1) is 0 Å². The summed E-state index contributed by atoms with van der Waals surface area (Å²) in [6.45, 7) is 5.52. The molecule has 0 aliphatic carbocycles. The Labute approximate surface area is 121 Å². The van der Waals surface area contributed by atoms with Crippen LogP contribution in [0, 0.1) is 11.8 Å². The minimum atomic E-state index is 0.0930. The predicted octanol–water partition coefficient (Wildman–Crippen LogP) is 1.13. The van der Waals surface area contributed by atoms with Gasteiger partial charge in [0, 0.05) is 52.7 Å². The van der Waals surface area contributed by atoms with Crippen LogP contribution in [0.1, 0.15) is 32.6 Å². The molecule has 2 heterocycles. The summed E-state index contributed by atoms with van der Waals surface area (Å²) in [7, 11) is 1.91. The van der Waals surface area contributed by atoms with Crippen molar-refractivity contribution < 1.29 is 14.3 Å². The van der Waals surface area contributed by atoms with Crippen molar-refractivity contribution in [1.29, 1.82) is 0 Å². The van der Waals surface area contributed by atoms with Crippen molar-refractivity contribution >= 4 is 11.8 Å². The third-order valence-corrected chi connectivity index (χ3v) is 4.54. The number of likely N-dealkylation sites (tertiary alicyclic amines) is 1. The maximum Gasteiger partial charge on any atom is 0.225 e. The Kier molecular flexibility index (Phi) is 5.40. The fourth-order valence-corrected chi connectivity index (χ4v) is 3.16. The molecule has 0 radical (unpaired) electrons. The molecular formula is C15H26N2O3. The van der Waals surface area contributed by atoms with Crippen molar-refractivity contribution in [3.8, 4) is 0 Å². The number of hydrogen-bond acceptors (Lipinski definition) is 3.